The molecule has 0 aliphatic carbocycles. The summed E-state index contributed by atoms with van der Waals surface area (Å²) in [5.74, 6) is -0.404. The fourth-order valence-corrected chi connectivity index (χ4v) is 0.985. The van der Waals surface area contributed by atoms with E-state index in [4.69, 9.17) is 16.3 Å². The predicted molar refractivity (Wildman–Crippen MR) is 54.9 cm³/mol. The zero-order valence-electron chi connectivity index (χ0n) is 8.47. The molecule has 0 aliphatic rings. The standard InChI is InChI=1S/C10H17ClO2/c1-8(2)5-4-6-9(3)13-10(12)7-11/h5,9H,4,6-7H2,1-3H3. The summed E-state index contributed by atoms with van der Waals surface area (Å²) >= 11 is 5.29. The van der Waals surface area contributed by atoms with Crippen LogP contribution in [0.4, 0.5) is 0 Å². The van der Waals surface area contributed by atoms with Gasteiger partial charge in [0.2, 0.25) is 0 Å². The number of rotatable bonds is 5. The monoisotopic (exact) mass is 204 g/mol. The number of carbonyl (C=O) groups is 1. The van der Waals surface area contributed by atoms with Gasteiger partial charge in [-0.3, -0.25) is 4.79 Å². The van der Waals surface area contributed by atoms with Crippen molar-refractivity contribution in [1.29, 1.82) is 0 Å². The minimum Gasteiger partial charge on any atom is -0.462 e. The normalized spacial score (nSPS) is 12.0. The fourth-order valence-electron chi connectivity index (χ4n) is 0.922. The Hall–Kier alpha value is -0.500. The molecule has 76 valence electrons. The van der Waals surface area contributed by atoms with Crippen LogP contribution in [0, 0.1) is 0 Å². The van der Waals surface area contributed by atoms with E-state index in [1.54, 1.807) is 0 Å². The van der Waals surface area contributed by atoms with Crippen LogP contribution in [-0.4, -0.2) is 18.0 Å². The Kier molecular flexibility index (Phi) is 6.69. The maximum absolute atomic E-state index is 10.7. The molecule has 0 radical (unpaired) electrons. The van der Waals surface area contributed by atoms with Crippen LogP contribution in [-0.2, 0) is 9.53 Å². The molecular weight excluding hydrogens is 188 g/mol. The third-order valence-electron chi connectivity index (χ3n) is 1.57. The van der Waals surface area contributed by atoms with Crippen LogP contribution in [0.1, 0.15) is 33.6 Å². The van der Waals surface area contributed by atoms with Gasteiger partial charge in [0.1, 0.15) is 5.88 Å². The molecule has 0 rings (SSSR count). The van der Waals surface area contributed by atoms with Crippen molar-refractivity contribution in [3.63, 3.8) is 0 Å². The van der Waals surface area contributed by atoms with Crippen LogP contribution in [0.5, 0.6) is 0 Å². The maximum atomic E-state index is 10.7. The van der Waals surface area contributed by atoms with Gasteiger partial charge in [0.25, 0.3) is 0 Å². The van der Waals surface area contributed by atoms with Gasteiger partial charge >= 0.3 is 5.97 Å². The molecule has 3 heteroatoms. The second-order valence-corrected chi connectivity index (χ2v) is 3.56. The van der Waals surface area contributed by atoms with Gasteiger partial charge in [0.15, 0.2) is 0 Å². The van der Waals surface area contributed by atoms with Crippen LogP contribution in [0.25, 0.3) is 0 Å². The highest BCUT2D eigenvalue weighted by molar-refractivity contribution is 6.26. The van der Waals surface area contributed by atoms with Crippen molar-refractivity contribution >= 4 is 17.6 Å². The average Bonchev–Trinajstić information content (AvgIpc) is 2.03. The van der Waals surface area contributed by atoms with Gasteiger partial charge in [-0.25, -0.2) is 0 Å². The summed E-state index contributed by atoms with van der Waals surface area (Å²) in [6, 6.07) is 0. The summed E-state index contributed by atoms with van der Waals surface area (Å²) in [5, 5.41) is 0. The van der Waals surface area contributed by atoms with E-state index in [-0.39, 0.29) is 18.0 Å². The van der Waals surface area contributed by atoms with Crippen LogP contribution < -0.4 is 0 Å². The Morgan fingerprint density at radius 1 is 1.54 bits per heavy atom. The quantitative estimate of drug-likeness (QED) is 0.391. The van der Waals surface area contributed by atoms with Gasteiger partial charge in [-0.2, -0.15) is 0 Å². The molecule has 0 heterocycles. The molecule has 0 spiro atoms. The molecule has 13 heavy (non-hydrogen) atoms. The SMILES string of the molecule is CC(C)=CCCC(C)OC(=O)CCl. The van der Waals surface area contributed by atoms with Gasteiger partial charge in [0, 0.05) is 0 Å². The van der Waals surface area contributed by atoms with Crippen molar-refractivity contribution in [3.05, 3.63) is 11.6 Å². The summed E-state index contributed by atoms with van der Waals surface area (Å²) in [5.41, 5.74) is 1.29. The topological polar surface area (TPSA) is 26.3 Å². The molecule has 1 atom stereocenters. The largest absolute Gasteiger partial charge is 0.462 e. The first kappa shape index (κ1) is 12.5. The molecule has 0 saturated heterocycles. The number of esters is 1. The Morgan fingerprint density at radius 2 is 2.15 bits per heavy atom. The van der Waals surface area contributed by atoms with E-state index in [1.165, 1.54) is 5.57 Å². The highest BCUT2D eigenvalue weighted by atomic mass is 35.5. The first-order chi connectivity index (χ1) is 6.06. The van der Waals surface area contributed by atoms with Crippen molar-refractivity contribution in [2.24, 2.45) is 0 Å². The van der Waals surface area contributed by atoms with Gasteiger partial charge in [-0.05, 0) is 33.6 Å². The van der Waals surface area contributed by atoms with E-state index in [9.17, 15) is 4.79 Å². The van der Waals surface area contributed by atoms with E-state index in [2.05, 4.69) is 19.9 Å². The van der Waals surface area contributed by atoms with Crippen molar-refractivity contribution in [1.82, 2.24) is 0 Å². The third kappa shape index (κ3) is 7.85. The van der Waals surface area contributed by atoms with Crippen LogP contribution in [0.3, 0.4) is 0 Å². The Labute approximate surface area is 84.9 Å². The van der Waals surface area contributed by atoms with Crippen molar-refractivity contribution in [2.45, 2.75) is 39.7 Å². The number of hydrogen-bond acceptors (Lipinski definition) is 2. The molecule has 0 fully saturated rings. The van der Waals surface area contributed by atoms with Crippen LogP contribution >= 0.6 is 11.6 Å². The molecule has 1 unspecified atom stereocenters. The molecule has 0 aromatic heterocycles. The number of ether oxygens (including phenoxy) is 1. The molecule has 0 aromatic carbocycles. The predicted octanol–water partition coefficient (Wildman–Crippen LogP) is 2.90. The lowest BCUT2D eigenvalue weighted by Crippen LogP contribution is -2.15. The van der Waals surface area contributed by atoms with Crippen LogP contribution in [0.15, 0.2) is 11.6 Å². The molecular formula is C10H17ClO2. The summed E-state index contributed by atoms with van der Waals surface area (Å²) in [6.07, 6.45) is 3.89. The number of alkyl halides is 1. The highest BCUT2D eigenvalue weighted by Gasteiger charge is 2.06. The summed E-state index contributed by atoms with van der Waals surface area (Å²) < 4.78 is 4.98. The van der Waals surface area contributed by atoms with Gasteiger partial charge in [0.05, 0.1) is 6.10 Å². The first-order valence-corrected chi connectivity index (χ1v) is 4.98. The van der Waals surface area contributed by atoms with E-state index in [0.717, 1.165) is 12.8 Å². The average molecular weight is 205 g/mol. The van der Waals surface area contributed by atoms with Crippen molar-refractivity contribution < 1.29 is 9.53 Å². The molecule has 0 saturated carbocycles. The number of halogens is 1. The van der Waals surface area contributed by atoms with Crippen molar-refractivity contribution in [3.8, 4) is 0 Å². The molecule has 0 N–H and O–H groups in total. The Bertz CT molecular complexity index is 183. The summed E-state index contributed by atoms with van der Waals surface area (Å²) in [6.45, 7) is 5.98. The van der Waals surface area contributed by atoms with Gasteiger partial charge in [-0.1, -0.05) is 11.6 Å². The zero-order valence-corrected chi connectivity index (χ0v) is 9.23. The lowest BCUT2D eigenvalue weighted by Gasteiger charge is -2.10. The molecule has 0 amide bonds. The molecule has 0 bridgehead atoms. The number of carbonyl (C=O) groups excluding carboxylic acids is 1. The van der Waals surface area contributed by atoms with Gasteiger partial charge < -0.3 is 4.74 Å². The Morgan fingerprint density at radius 3 is 2.62 bits per heavy atom. The fraction of sp³-hybridized carbons (Fsp3) is 0.700. The Balaban J connectivity index is 3.57. The maximum Gasteiger partial charge on any atom is 0.321 e. The third-order valence-corrected chi connectivity index (χ3v) is 1.79. The molecule has 0 aromatic rings. The molecule has 0 aliphatic heterocycles. The zero-order chi connectivity index (χ0) is 10.3. The minimum atomic E-state index is -0.341. The van der Waals surface area contributed by atoms with E-state index < -0.39 is 0 Å². The molecule has 2 nitrogen and oxygen atoms in total. The summed E-state index contributed by atoms with van der Waals surface area (Å²) in [7, 11) is 0. The minimum absolute atomic E-state index is 0.0400. The summed E-state index contributed by atoms with van der Waals surface area (Å²) in [4.78, 5) is 10.7. The lowest BCUT2D eigenvalue weighted by molar-refractivity contribution is -0.145. The first-order valence-electron chi connectivity index (χ1n) is 4.45. The second-order valence-electron chi connectivity index (χ2n) is 3.29. The van der Waals surface area contributed by atoms with E-state index in [0.29, 0.717) is 0 Å². The van der Waals surface area contributed by atoms with Gasteiger partial charge in [-0.15, -0.1) is 11.6 Å². The lowest BCUT2D eigenvalue weighted by atomic mass is 10.2. The number of allylic oxidation sites excluding steroid dienone is 2. The highest BCUT2D eigenvalue weighted by Crippen LogP contribution is 2.05. The number of hydrogen-bond donors (Lipinski definition) is 0. The van der Waals surface area contributed by atoms with Crippen molar-refractivity contribution in [2.75, 3.05) is 5.88 Å². The second kappa shape index (κ2) is 6.96. The van der Waals surface area contributed by atoms with E-state index >= 15 is 0 Å². The van der Waals surface area contributed by atoms with E-state index in [1.807, 2.05) is 6.92 Å². The van der Waals surface area contributed by atoms with Crippen LogP contribution in [0.2, 0.25) is 0 Å². The smallest absolute Gasteiger partial charge is 0.321 e.